The van der Waals surface area contributed by atoms with Crippen molar-refractivity contribution in [2.75, 3.05) is 39.4 Å². The van der Waals surface area contributed by atoms with Gasteiger partial charge in [0.2, 0.25) is 0 Å². The number of carboxylic acids is 1. The third kappa shape index (κ3) is 8.37. The van der Waals surface area contributed by atoms with Crippen LogP contribution in [0.5, 0.6) is 5.75 Å². The van der Waals surface area contributed by atoms with Gasteiger partial charge in [-0.3, -0.25) is 4.90 Å². The maximum absolute atomic E-state index is 13.1. The van der Waals surface area contributed by atoms with E-state index in [4.69, 9.17) is 19.6 Å². The summed E-state index contributed by atoms with van der Waals surface area (Å²) in [5.41, 5.74) is 1.56. The number of carboxylic acid groups (broad SMARTS) is 1. The van der Waals surface area contributed by atoms with Crippen LogP contribution < -0.4 is 4.74 Å². The van der Waals surface area contributed by atoms with Crippen LogP contribution >= 0.6 is 23.1 Å². The monoisotopic (exact) mass is 609 g/mol. The number of rotatable bonds is 10. The number of aryl methyl sites for hydroxylation is 1. The molecule has 41 heavy (non-hydrogen) atoms. The Morgan fingerprint density at radius 2 is 1.80 bits per heavy atom. The van der Waals surface area contributed by atoms with Gasteiger partial charge in [-0.1, -0.05) is 12.1 Å². The number of piperazine rings is 1. The van der Waals surface area contributed by atoms with Crippen molar-refractivity contribution in [1.29, 1.82) is 0 Å². The number of carbonyl (C=O) groups is 2. The molecular weight excluding hydrogens is 579 g/mol. The normalized spacial score (nSPS) is 14.2. The molecule has 0 radical (unpaired) electrons. The van der Waals surface area contributed by atoms with E-state index in [2.05, 4.69) is 4.90 Å². The molecule has 0 aliphatic carbocycles. The second-order valence-corrected chi connectivity index (χ2v) is 11.5. The molecule has 8 nitrogen and oxygen atoms in total. The summed E-state index contributed by atoms with van der Waals surface area (Å²) in [6.07, 6.45) is -4.73. The van der Waals surface area contributed by atoms with Crippen molar-refractivity contribution in [3.8, 4) is 16.3 Å². The second-order valence-electron chi connectivity index (χ2n) is 9.32. The van der Waals surface area contributed by atoms with Crippen LogP contribution in [0.25, 0.3) is 10.6 Å². The summed E-state index contributed by atoms with van der Waals surface area (Å²) in [6, 6.07) is 10.5. The number of hydrogen-bond acceptors (Lipinski definition) is 8. The quantitative estimate of drug-likeness (QED) is 0.273. The molecule has 4 rings (SSSR count). The summed E-state index contributed by atoms with van der Waals surface area (Å²) in [4.78, 5) is 33.6. The third-order valence-corrected chi connectivity index (χ3v) is 8.73. The predicted molar refractivity (Wildman–Crippen MR) is 150 cm³/mol. The topological polar surface area (TPSA) is 92.2 Å². The van der Waals surface area contributed by atoms with Gasteiger partial charge in [-0.05, 0) is 49.7 Å². The number of aromatic nitrogens is 1. The van der Waals surface area contributed by atoms with Gasteiger partial charge in [0.25, 0.3) is 0 Å². The minimum absolute atomic E-state index is 0.322. The predicted octanol–water partition coefficient (Wildman–Crippen LogP) is 6.17. The first-order valence-corrected chi connectivity index (χ1v) is 14.7. The molecule has 0 bridgehead atoms. The number of carbonyl (C=O) groups excluding carboxylic acids is 1. The van der Waals surface area contributed by atoms with Crippen LogP contribution in [-0.4, -0.2) is 71.3 Å². The van der Waals surface area contributed by atoms with Gasteiger partial charge in [0.05, 0.1) is 17.9 Å². The highest BCUT2D eigenvalue weighted by Gasteiger charge is 2.30. The molecule has 0 spiro atoms. The number of ether oxygens (including phenoxy) is 2. The third-order valence-electron chi connectivity index (χ3n) is 6.38. The first kappa shape index (κ1) is 30.7. The second kappa shape index (κ2) is 13.6. The van der Waals surface area contributed by atoms with Crippen molar-refractivity contribution in [3.05, 3.63) is 64.2 Å². The largest absolute Gasteiger partial charge is 0.482 e. The average molecular weight is 610 g/mol. The van der Waals surface area contributed by atoms with Gasteiger partial charge in [0.15, 0.2) is 6.61 Å². The lowest BCUT2D eigenvalue weighted by molar-refractivity contribution is -0.139. The molecular formula is C28H30F3N3O5S2. The van der Waals surface area contributed by atoms with E-state index in [0.717, 1.165) is 33.2 Å². The minimum atomic E-state index is -4.41. The zero-order valence-corrected chi connectivity index (χ0v) is 24.2. The smallest absolute Gasteiger partial charge is 0.416 e. The number of hydrogen-bond donors (Lipinski definition) is 1. The summed E-state index contributed by atoms with van der Waals surface area (Å²) < 4.78 is 49.6. The highest BCUT2D eigenvalue weighted by molar-refractivity contribution is 7.98. The van der Waals surface area contributed by atoms with E-state index in [1.165, 1.54) is 23.5 Å². The van der Waals surface area contributed by atoms with Gasteiger partial charge >= 0.3 is 18.2 Å². The van der Waals surface area contributed by atoms with Crippen molar-refractivity contribution in [2.24, 2.45) is 0 Å². The first-order chi connectivity index (χ1) is 19.5. The lowest BCUT2D eigenvalue weighted by Crippen LogP contribution is -2.48. The van der Waals surface area contributed by atoms with Crippen LogP contribution in [0.1, 0.15) is 28.6 Å². The fourth-order valence-electron chi connectivity index (χ4n) is 4.22. The van der Waals surface area contributed by atoms with E-state index < -0.39 is 24.3 Å². The molecule has 0 atom stereocenters. The van der Waals surface area contributed by atoms with Crippen LogP contribution in [0.2, 0.25) is 0 Å². The number of nitrogens with zero attached hydrogens (tertiary/aromatic N) is 3. The maximum atomic E-state index is 13.1. The summed E-state index contributed by atoms with van der Waals surface area (Å²) in [6.45, 7) is 6.44. The zero-order chi connectivity index (χ0) is 29.6. The number of halogens is 3. The van der Waals surface area contributed by atoms with E-state index in [1.807, 2.05) is 19.1 Å². The van der Waals surface area contributed by atoms with E-state index in [9.17, 15) is 22.8 Å². The standard InChI is InChI=1S/C28H30F3N3O5S2/c1-3-38-27(37)34-12-10-33(11-13-34)15-22-24(17-40-21-8-9-23(18(2)14-21)39-16-25(35)36)41-26(32-22)19-4-6-20(7-5-19)28(29,30)31/h4-9,14H,3,10-13,15-17H2,1-2H3,(H,35,36). The van der Waals surface area contributed by atoms with Crippen molar-refractivity contribution in [1.82, 2.24) is 14.8 Å². The minimum Gasteiger partial charge on any atom is -0.482 e. The van der Waals surface area contributed by atoms with Crippen molar-refractivity contribution in [2.45, 2.75) is 37.2 Å². The van der Waals surface area contributed by atoms with Crippen LogP contribution in [0.15, 0.2) is 47.4 Å². The first-order valence-electron chi connectivity index (χ1n) is 12.9. The van der Waals surface area contributed by atoms with Crippen molar-refractivity contribution < 1.29 is 37.3 Å². The molecule has 3 aromatic rings. The zero-order valence-electron chi connectivity index (χ0n) is 22.6. The van der Waals surface area contributed by atoms with Crippen LogP contribution in [0.4, 0.5) is 18.0 Å². The van der Waals surface area contributed by atoms with Gasteiger partial charge < -0.3 is 19.5 Å². The van der Waals surface area contributed by atoms with Gasteiger partial charge in [-0.25, -0.2) is 14.6 Å². The Morgan fingerprint density at radius 3 is 2.41 bits per heavy atom. The summed E-state index contributed by atoms with van der Waals surface area (Å²) in [5, 5.41) is 9.50. The fourth-order valence-corrected chi connectivity index (χ4v) is 6.39. The van der Waals surface area contributed by atoms with E-state index in [0.29, 0.717) is 61.4 Å². The molecule has 1 aromatic heterocycles. The van der Waals surface area contributed by atoms with Crippen LogP contribution in [0, 0.1) is 6.92 Å². The lowest BCUT2D eigenvalue weighted by atomic mass is 10.1. The molecule has 1 saturated heterocycles. The van der Waals surface area contributed by atoms with Gasteiger partial charge in [-0.15, -0.1) is 23.1 Å². The Hall–Kier alpha value is -3.29. The molecule has 1 fully saturated rings. The number of aliphatic carboxylic acids is 1. The Bertz CT molecular complexity index is 1360. The van der Waals surface area contributed by atoms with Gasteiger partial charge in [-0.2, -0.15) is 13.2 Å². The van der Waals surface area contributed by atoms with Gasteiger partial charge in [0, 0.05) is 53.8 Å². The van der Waals surface area contributed by atoms with E-state index in [1.54, 1.807) is 29.7 Å². The van der Waals surface area contributed by atoms with E-state index >= 15 is 0 Å². The summed E-state index contributed by atoms with van der Waals surface area (Å²) in [5.74, 6) is 0.0408. The Morgan fingerprint density at radius 1 is 1.10 bits per heavy atom. The molecule has 1 N–H and O–H groups in total. The highest BCUT2D eigenvalue weighted by Crippen LogP contribution is 2.36. The Kier molecular flexibility index (Phi) is 10.2. The summed E-state index contributed by atoms with van der Waals surface area (Å²) >= 11 is 3.03. The van der Waals surface area contributed by atoms with Crippen LogP contribution in [0.3, 0.4) is 0 Å². The molecule has 1 aliphatic rings. The Labute approximate surface area is 244 Å². The average Bonchev–Trinajstić information content (AvgIpc) is 3.34. The number of thioether (sulfide) groups is 1. The van der Waals surface area contributed by atoms with Crippen molar-refractivity contribution >= 4 is 35.2 Å². The maximum Gasteiger partial charge on any atom is 0.416 e. The van der Waals surface area contributed by atoms with Crippen LogP contribution in [-0.2, 0) is 28.0 Å². The number of thiazole rings is 1. The van der Waals surface area contributed by atoms with Gasteiger partial charge in [0.1, 0.15) is 10.8 Å². The molecule has 13 heteroatoms. The Balaban J connectivity index is 1.50. The molecule has 220 valence electrons. The molecule has 2 heterocycles. The SMILES string of the molecule is CCOC(=O)N1CCN(Cc2nc(-c3ccc(C(F)(F)F)cc3)sc2CSc2ccc(OCC(=O)O)c(C)c2)CC1. The van der Waals surface area contributed by atoms with Crippen molar-refractivity contribution in [3.63, 3.8) is 0 Å². The number of alkyl halides is 3. The van der Waals surface area contributed by atoms with E-state index in [-0.39, 0.29) is 6.09 Å². The number of amides is 1. The molecule has 0 saturated carbocycles. The number of benzene rings is 2. The fraction of sp³-hybridized carbons (Fsp3) is 0.393. The summed E-state index contributed by atoms with van der Waals surface area (Å²) in [7, 11) is 0. The lowest BCUT2D eigenvalue weighted by Gasteiger charge is -2.33. The molecule has 0 unspecified atom stereocenters. The molecule has 1 aliphatic heterocycles. The molecule has 1 amide bonds. The molecule has 2 aromatic carbocycles. The highest BCUT2D eigenvalue weighted by atomic mass is 32.2.